The third-order valence-corrected chi connectivity index (χ3v) is 3.72. The van der Waals surface area contributed by atoms with Crippen molar-refractivity contribution < 1.29 is 14.3 Å². The second-order valence-electron chi connectivity index (χ2n) is 4.17. The third kappa shape index (κ3) is 6.07. The molecule has 1 N–H and O–H groups in total. The topological polar surface area (TPSA) is 40.5 Å². The van der Waals surface area contributed by atoms with Gasteiger partial charge in [0.2, 0.25) is 5.91 Å². The van der Waals surface area contributed by atoms with Crippen molar-refractivity contribution in [2.75, 3.05) is 25.4 Å². The van der Waals surface area contributed by atoms with Gasteiger partial charge in [-0.25, -0.2) is 4.39 Å². The first kappa shape index (κ1) is 16.0. The molecule has 106 valence electrons. The normalized spacial score (nSPS) is 10.5. The Balaban J connectivity index is 2.31. The number of amides is 1. The van der Waals surface area contributed by atoms with Crippen molar-refractivity contribution in [2.45, 2.75) is 19.1 Å². The minimum Gasteiger partial charge on any atom is -0.396 e. The zero-order valence-corrected chi connectivity index (χ0v) is 12.0. The fourth-order valence-electron chi connectivity index (χ4n) is 1.65. The van der Waals surface area contributed by atoms with Crippen LogP contribution >= 0.6 is 11.8 Å². The molecule has 0 fully saturated rings. The number of hydrogen-bond donors (Lipinski definition) is 1. The highest BCUT2D eigenvalue weighted by Gasteiger charge is 2.10. The van der Waals surface area contributed by atoms with E-state index in [4.69, 9.17) is 5.11 Å². The van der Waals surface area contributed by atoms with Gasteiger partial charge in [0.25, 0.3) is 0 Å². The first-order valence-electron chi connectivity index (χ1n) is 6.38. The number of aliphatic hydroxyl groups is 1. The van der Waals surface area contributed by atoms with Crippen LogP contribution in [0.3, 0.4) is 0 Å². The number of halogens is 1. The van der Waals surface area contributed by atoms with Gasteiger partial charge in [-0.3, -0.25) is 4.79 Å². The van der Waals surface area contributed by atoms with E-state index in [0.29, 0.717) is 31.0 Å². The highest BCUT2D eigenvalue weighted by atomic mass is 32.2. The van der Waals surface area contributed by atoms with E-state index >= 15 is 0 Å². The molecule has 0 aliphatic rings. The number of nitrogens with zero attached hydrogens (tertiary/aromatic N) is 1. The standard InChI is InChI=1S/C14H20FNO2S/c1-2-16(8-3-9-17)14(18)11-19-10-12-4-6-13(15)7-5-12/h4-7,17H,2-3,8-11H2,1H3. The molecular weight excluding hydrogens is 265 g/mol. The van der Waals surface area contributed by atoms with Crippen molar-refractivity contribution in [2.24, 2.45) is 0 Å². The summed E-state index contributed by atoms with van der Waals surface area (Å²) in [5.74, 6) is 0.953. The summed E-state index contributed by atoms with van der Waals surface area (Å²) < 4.78 is 12.7. The SMILES string of the molecule is CCN(CCCO)C(=O)CSCc1ccc(F)cc1. The molecule has 0 aliphatic heterocycles. The van der Waals surface area contributed by atoms with E-state index < -0.39 is 0 Å². The highest BCUT2D eigenvalue weighted by molar-refractivity contribution is 7.99. The maximum Gasteiger partial charge on any atom is 0.232 e. The van der Waals surface area contributed by atoms with E-state index in [2.05, 4.69) is 0 Å². The predicted molar refractivity (Wildman–Crippen MR) is 76.5 cm³/mol. The van der Waals surface area contributed by atoms with Crippen molar-refractivity contribution in [3.63, 3.8) is 0 Å². The second kappa shape index (κ2) is 8.93. The number of carbonyl (C=O) groups is 1. The smallest absolute Gasteiger partial charge is 0.232 e. The van der Waals surface area contributed by atoms with Crippen LogP contribution in [0.5, 0.6) is 0 Å². The van der Waals surface area contributed by atoms with Crippen molar-refractivity contribution in [1.82, 2.24) is 4.90 Å². The van der Waals surface area contributed by atoms with Crippen LogP contribution in [0.25, 0.3) is 0 Å². The summed E-state index contributed by atoms with van der Waals surface area (Å²) in [4.78, 5) is 13.6. The molecule has 0 aromatic heterocycles. The molecule has 1 rings (SSSR count). The molecule has 0 aliphatic carbocycles. The van der Waals surface area contributed by atoms with Crippen LogP contribution < -0.4 is 0 Å². The minimum atomic E-state index is -0.244. The Kier molecular flexibility index (Phi) is 7.52. The Hall–Kier alpha value is -1.07. The Morgan fingerprint density at radius 2 is 2.05 bits per heavy atom. The van der Waals surface area contributed by atoms with Crippen LogP contribution in [0.4, 0.5) is 4.39 Å². The van der Waals surface area contributed by atoms with Crippen LogP contribution in [-0.4, -0.2) is 41.4 Å². The van der Waals surface area contributed by atoms with E-state index in [-0.39, 0.29) is 18.3 Å². The summed E-state index contributed by atoms with van der Waals surface area (Å²) in [7, 11) is 0. The molecule has 0 bridgehead atoms. The molecule has 19 heavy (non-hydrogen) atoms. The lowest BCUT2D eigenvalue weighted by molar-refractivity contribution is -0.128. The van der Waals surface area contributed by atoms with Crippen molar-refractivity contribution in [3.05, 3.63) is 35.6 Å². The van der Waals surface area contributed by atoms with Gasteiger partial charge in [0, 0.05) is 25.4 Å². The first-order chi connectivity index (χ1) is 9.17. The Morgan fingerprint density at radius 1 is 1.37 bits per heavy atom. The van der Waals surface area contributed by atoms with Gasteiger partial charge in [0.1, 0.15) is 5.82 Å². The van der Waals surface area contributed by atoms with E-state index in [0.717, 1.165) is 5.56 Å². The monoisotopic (exact) mass is 285 g/mol. The maximum absolute atomic E-state index is 12.7. The quantitative estimate of drug-likeness (QED) is 0.796. The van der Waals surface area contributed by atoms with Gasteiger partial charge in [-0.15, -0.1) is 11.8 Å². The van der Waals surface area contributed by atoms with Gasteiger partial charge in [0.05, 0.1) is 5.75 Å². The average Bonchev–Trinajstić information content (AvgIpc) is 2.42. The average molecular weight is 285 g/mol. The summed E-state index contributed by atoms with van der Waals surface area (Å²) in [6.45, 7) is 3.30. The lowest BCUT2D eigenvalue weighted by Crippen LogP contribution is -2.33. The summed E-state index contributed by atoms with van der Waals surface area (Å²) in [6, 6.07) is 6.32. The molecular formula is C14H20FNO2S. The number of hydrogen-bond acceptors (Lipinski definition) is 3. The highest BCUT2D eigenvalue weighted by Crippen LogP contribution is 2.13. The molecule has 0 atom stereocenters. The van der Waals surface area contributed by atoms with E-state index in [9.17, 15) is 9.18 Å². The lowest BCUT2D eigenvalue weighted by Gasteiger charge is -2.20. The summed E-state index contributed by atoms with van der Waals surface area (Å²) in [5.41, 5.74) is 1.01. The Morgan fingerprint density at radius 3 is 2.63 bits per heavy atom. The first-order valence-corrected chi connectivity index (χ1v) is 7.53. The van der Waals surface area contributed by atoms with Crippen LogP contribution in [0.2, 0.25) is 0 Å². The molecule has 0 spiro atoms. The molecule has 1 amide bonds. The zero-order chi connectivity index (χ0) is 14.1. The van der Waals surface area contributed by atoms with Gasteiger partial charge >= 0.3 is 0 Å². The van der Waals surface area contributed by atoms with E-state index in [1.807, 2.05) is 6.92 Å². The molecule has 0 heterocycles. The third-order valence-electron chi connectivity index (χ3n) is 2.73. The summed E-state index contributed by atoms with van der Waals surface area (Å²) in [5, 5.41) is 8.77. The second-order valence-corrected chi connectivity index (χ2v) is 5.16. The molecule has 0 radical (unpaired) electrons. The van der Waals surface area contributed by atoms with Crippen molar-refractivity contribution in [3.8, 4) is 0 Å². The van der Waals surface area contributed by atoms with Gasteiger partial charge < -0.3 is 10.0 Å². The molecule has 5 heteroatoms. The fraction of sp³-hybridized carbons (Fsp3) is 0.500. The van der Waals surface area contributed by atoms with Crippen molar-refractivity contribution in [1.29, 1.82) is 0 Å². The van der Waals surface area contributed by atoms with Gasteiger partial charge in [0.15, 0.2) is 0 Å². The number of aliphatic hydroxyl groups excluding tert-OH is 1. The Bertz CT molecular complexity index is 384. The predicted octanol–water partition coefficient (Wildman–Crippen LogP) is 2.29. The molecule has 1 aromatic rings. The minimum absolute atomic E-state index is 0.0862. The number of benzene rings is 1. The molecule has 1 aromatic carbocycles. The summed E-state index contributed by atoms with van der Waals surface area (Å²) in [6.07, 6.45) is 0.613. The molecule has 0 saturated heterocycles. The van der Waals surface area contributed by atoms with Crippen molar-refractivity contribution >= 4 is 17.7 Å². The van der Waals surface area contributed by atoms with Crippen LogP contribution in [0.15, 0.2) is 24.3 Å². The lowest BCUT2D eigenvalue weighted by atomic mass is 10.2. The molecule has 3 nitrogen and oxygen atoms in total. The van der Waals surface area contributed by atoms with Gasteiger partial charge in [-0.05, 0) is 31.0 Å². The number of thioether (sulfide) groups is 1. The van der Waals surface area contributed by atoms with Gasteiger partial charge in [-0.1, -0.05) is 12.1 Å². The van der Waals surface area contributed by atoms with E-state index in [1.54, 1.807) is 17.0 Å². The Labute approximate surface area is 117 Å². The van der Waals surface area contributed by atoms with Crippen LogP contribution in [0.1, 0.15) is 18.9 Å². The van der Waals surface area contributed by atoms with Gasteiger partial charge in [-0.2, -0.15) is 0 Å². The molecule has 0 unspecified atom stereocenters. The number of carbonyl (C=O) groups excluding carboxylic acids is 1. The number of rotatable bonds is 8. The van der Waals surface area contributed by atoms with E-state index in [1.165, 1.54) is 23.9 Å². The largest absolute Gasteiger partial charge is 0.396 e. The maximum atomic E-state index is 12.7. The van der Waals surface area contributed by atoms with Crippen LogP contribution in [0, 0.1) is 5.82 Å². The zero-order valence-electron chi connectivity index (χ0n) is 11.1. The van der Waals surface area contributed by atoms with Crippen LogP contribution in [-0.2, 0) is 10.5 Å². The molecule has 0 saturated carbocycles. The summed E-state index contributed by atoms with van der Waals surface area (Å²) >= 11 is 1.52. The fourth-order valence-corrected chi connectivity index (χ4v) is 2.54.